The van der Waals surface area contributed by atoms with Gasteiger partial charge in [0.15, 0.2) is 0 Å². The van der Waals surface area contributed by atoms with E-state index < -0.39 is 5.82 Å². The fraction of sp³-hybridized carbons (Fsp3) is 0.308. The molecule has 100 valence electrons. The highest BCUT2D eigenvalue weighted by Gasteiger charge is 2.10. The molecule has 0 radical (unpaired) electrons. The fourth-order valence-corrected chi connectivity index (χ4v) is 1.95. The highest BCUT2D eigenvalue weighted by molar-refractivity contribution is 6.30. The van der Waals surface area contributed by atoms with Crippen LogP contribution in [0.2, 0.25) is 5.02 Å². The second-order valence-electron chi connectivity index (χ2n) is 4.17. The average Bonchev–Trinajstić information content (AvgIpc) is 2.35. The number of hydrogen-bond acceptors (Lipinski definition) is 4. The molecule has 0 saturated heterocycles. The molecule has 0 atom stereocenters. The van der Waals surface area contributed by atoms with Crippen LogP contribution in [-0.2, 0) is 12.8 Å². The summed E-state index contributed by atoms with van der Waals surface area (Å²) in [5.41, 5.74) is 6.07. The molecule has 0 bridgehead atoms. The first-order valence-corrected chi connectivity index (χ1v) is 6.40. The van der Waals surface area contributed by atoms with Crippen molar-refractivity contribution in [1.82, 2.24) is 15.0 Å². The van der Waals surface area contributed by atoms with Crippen LogP contribution in [0.25, 0.3) is 0 Å². The lowest BCUT2D eigenvalue weighted by Crippen LogP contribution is -2.08. The molecule has 1 heterocycles. The first-order valence-electron chi connectivity index (χ1n) is 6.02. The highest BCUT2D eigenvalue weighted by Crippen LogP contribution is 2.19. The molecule has 19 heavy (non-hydrogen) atoms. The van der Waals surface area contributed by atoms with Gasteiger partial charge in [0.05, 0.1) is 5.02 Å². The molecular weight excluding hydrogens is 267 g/mol. The van der Waals surface area contributed by atoms with Gasteiger partial charge in [-0.15, -0.1) is 0 Å². The van der Waals surface area contributed by atoms with E-state index in [0.29, 0.717) is 17.2 Å². The van der Waals surface area contributed by atoms with Gasteiger partial charge in [0.2, 0.25) is 5.95 Å². The zero-order valence-electron chi connectivity index (χ0n) is 10.5. The number of nitrogen functional groups attached to an aromatic ring is 1. The average molecular weight is 281 g/mol. The monoisotopic (exact) mass is 280 g/mol. The molecule has 0 aliphatic heterocycles. The Labute approximate surface area is 115 Å². The molecule has 4 nitrogen and oxygen atoms in total. The molecule has 0 spiro atoms. The number of hydrogen-bond donors (Lipinski definition) is 1. The predicted octanol–water partition coefficient (Wildman–Crippen LogP) is 2.79. The van der Waals surface area contributed by atoms with Gasteiger partial charge in [-0.2, -0.15) is 9.97 Å². The van der Waals surface area contributed by atoms with Crippen molar-refractivity contribution < 1.29 is 4.39 Å². The first-order chi connectivity index (χ1) is 9.10. The van der Waals surface area contributed by atoms with Crippen molar-refractivity contribution >= 4 is 17.5 Å². The van der Waals surface area contributed by atoms with E-state index in [-0.39, 0.29) is 17.4 Å². The van der Waals surface area contributed by atoms with Crippen molar-refractivity contribution in [3.05, 3.63) is 46.3 Å². The van der Waals surface area contributed by atoms with Crippen molar-refractivity contribution in [3.8, 4) is 0 Å². The molecule has 0 amide bonds. The highest BCUT2D eigenvalue weighted by atomic mass is 35.5. The van der Waals surface area contributed by atoms with E-state index in [0.717, 1.165) is 12.8 Å². The summed E-state index contributed by atoms with van der Waals surface area (Å²) >= 11 is 5.74. The number of nitrogens with zero attached hydrogens (tertiary/aromatic N) is 3. The summed E-state index contributed by atoms with van der Waals surface area (Å²) in [6.45, 7) is 2.02. The minimum atomic E-state index is -0.444. The lowest BCUT2D eigenvalue weighted by atomic mass is 10.1. The quantitative estimate of drug-likeness (QED) is 0.935. The van der Waals surface area contributed by atoms with Crippen LogP contribution in [0.3, 0.4) is 0 Å². The number of anilines is 1. The summed E-state index contributed by atoms with van der Waals surface area (Å²) in [6.07, 6.45) is 1.88. The molecular formula is C13H14ClFN4. The van der Waals surface area contributed by atoms with E-state index in [9.17, 15) is 4.39 Å². The molecule has 0 saturated carbocycles. The lowest BCUT2D eigenvalue weighted by Gasteiger charge is -2.06. The van der Waals surface area contributed by atoms with Crippen LogP contribution in [0.15, 0.2) is 18.2 Å². The predicted molar refractivity (Wildman–Crippen MR) is 72.5 cm³/mol. The molecule has 0 unspecified atom stereocenters. The van der Waals surface area contributed by atoms with Crippen molar-refractivity contribution in [2.75, 3.05) is 5.73 Å². The van der Waals surface area contributed by atoms with E-state index in [4.69, 9.17) is 17.3 Å². The standard InChI is InChI=1S/C13H14ClFN4/c1-2-4-10-17-11(19-13(16)18-10)7-8-5-3-6-9(14)12(8)15/h3,5-6H,2,4,7H2,1H3,(H2,16,17,18,19). The largest absolute Gasteiger partial charge is 0.368 e. The van der Waals surface area contributed by atoms with E-state index in [1.165, 1.54) is 6.07 Å². The Morgan fingerprint density at radius 3 is 2.68 bits per heavy atom. The normalized spacial score (nSPS) is 10.7. The number of aryl methyl sites for hydroxylation is 1. The van der Waals surface area contributed by atoms with E-state index >= 15 is 0 Å². The Morgan fingerprint density at radius 2 is 1.95 bits per heavy atom. The third-order valence-electron chi connectivity index (χ3n) is 2.60. The summed E-state index contributed by atoms with van der Waals surface area (Å²) in [7, 11) is 0. The topological polar surface area (TPSA) is 64.7 Å². The fourth-order valence-electron chi connectivity index (χ4n) is 1.76. The van der Waals surface area contributed by atoms with Gasteiger partial charge in [0, 0.05) is 12.8 Å². The first kappa shape index (κ1) is 13.7. The SMILES string of the molecule is CCCc1nc(N)nc(Cc2cccc(Cl)c2F)n1. The number of aromatic nitrogens is 3. The van der Waals surface area contributed by atoms with Gasteiger partial charge >= 0.3 is 0 Å². The summed E-state index contributed by atoms with van der Waals surface area (Å²) in [5, 5.41) is 0.0910. The Morgan fingerprint density at radius 1 is 1.21 bits per heavy atom. The van der Waals surface area contributed by atoms with Gasteiger partial charge in [-0.05, 0) is 18.1 Å². The van der Waals surface area contributed by atoms with E-state index in [1.54, 1.807) is 12.1 Å². The van der Waals surface area contributed by atoms with Gasteiger partial charge in [-0.1, -0.05) is 30.7 Å². The van der Waals surface area contributed by atoms with E-state index in [2.05, 4.69) is 15.0 Å². The van der Waals surface area contributed by atoms with Crippen LogP contribution in [0, 0.1) is 5.82 Å². The maximum atomic E-state index is 13.8. The molecule has 1 aromatic carbocycles. The number of rotatable bonds is 4. The van der Waals surface area contributed by atoms with Crippen molar-refractivity contribution in [2.45, 2.75) is 26.2 Å². The summed E-state index contributed by atoms with van der Waals surface area (Å²) in [5.74, 6) is 0.806. The van der Waals surface area contributed by atoms with Crippen LogP contribution < -0.4 is 5.73 Å². The molecule has 0 fully saturated rings. The molecule has 2 rings (SSSR count). The van der Waals surface area contributed by atoms with Crippen LogP contribution in [0.4, 0.5) is 10.3 Å². The van der Waals surface area contributed by atoms with Gasteiger partial charge in [-0.3, -0.25) is 0 Å². The van der Waals surface area contributed by atoms with Crippen molar-refractivity contribution in [2.24, 2.45) is 0 Å². The molecule has 6 heteroatoms. The van der Waals surface area contributed by atoms with Gasteiger partial charge < -0.3 is 5.73 Å². The van der Waals surface area contributed by atoms with Crippen LogP contribution in [-0.4, -0.2) is 15.0 Å². The Hall–Kier alpha value is -1.75. The van der Waals surface area contributed by atoms with Crippen LogP contribution in [0.5, 0.6) is 0 Å². The maximum absolute atomic E-state index is 13.8. The lowest BCUT2D eigenvalue weighted by molar-refractivity contribution is 0.612. The molecule has 0 aliphatic carbocycles. The number of nitrogens with two attached hydrogens (primary N) is 1. The zero-order valence-corrected chi connectivity index (χ0v) is 11.3. The number of benzene rings is 1. The number of halogens is 2. The summed E-state index contributed by atoms with van der Waals surface area (Å²) in [6, 6.07) is 4.85. The molecule has 1 aromatic heterocycles. The van der Waals surface area contributed by atoms with E-state index in [1.807, 2.05) is 6.92 Å². The molecule has 2 N–H and O–H groups in total. The van der Waals surface area contributed by atoms with Gasteiger partial charge in [0.1, 0.15) is 17.5 Å². The summed E-state index contributed by atoms with van der Waals surface area (Å²) in [4.78, 5) is 12.3. The van der Waals surface area contributed by atoms with Crippen molar-refractivity contribution in [1.29, 1.82) is 0 Å². The minimum Gasteiger partial charge on any atom is -0.368 e. The Kier molecular flexibility index (Phi) is 4.27. The maximum Gasteiger partial charge on any atom is 0.223 e. The molecule has 0 aliphatic rings. The summed E-state index contributed by atoms with van der Waals surface area (Å²) < 4.78 is 13.8. The third kappa shape index (κ3) is 3.38. The molecule has 2 aromatic rings. The van der Waals surface area contributed by atoms with Gasteiger partial charge in [-0.25, -0.2) is 9.37 Å². The Balaban J connectivity index is 2.30. The Bertz CT molecular complexity index is 589. The van der Waals surface area contributed by atoms with Crippen LogP contribution in [0.1, 0.15) is 30.6 Å². The third-order valence-corrected chi connectivity index (χ3v) is 2.89. The van der Waals surface area contributed by atoms with Crippen LogP contribution >= 0.6 is 11.6 Å². The second-order valence-corrected chi connectivity index (χ2v) is 4.57. The van der Waals surface area contributed by atoms with Crippen molar-refractivity contribution in [3.63, 3.8) is 0 Å². The minimum absolute atomic E-state index is 0.0910. The zero-order chi connectivity index (χ0) is 13.8. The second kappa shape index (κ2) is 5.93. The van der Waals surface area contributed by atoms with Gasteiger partial charge in [0.25, 0.3) is 0 Å². The smallest absolute Gasteiger partial charge is 0.223 e.